The Morgan fingerprint density at radius 2 is 1.68 bits per heavy atom. The molecule has 0 saturated carbocycles. The van der Waals surface area contributed by atoms with Crippen LogP contribution >= 0.6 is 0 Å². The van der Waals surface area contributed by atoms with E-state index in [2.05, 4.69) is 20.4 Å². The van der Waals surface area contributed by atoms with Crippen LogP contribution in [-0.4, -0.2) is 20.4 Å². The highest BCUT2D eigenvalue weighted by atomic mass is 19.1. The second-order valence-corrected chi connectivity index (χ2v) is 6.07. The summed E-state index contributed by atoms with van der Waals surface area (Å²) in [6.07, 6.45) is 0. The molecule has 3 heterocycles. The summed E-state index contributed by atoms with van der Waals surface area (Å²) in [6, 6.07) is 16.5. The molecule has 0 bridgehead atoms. The van der Waals surface area contributed by atoms with E-state index in [1.807, 2.05) is 12.1 Å². The molecule has 0 amide bonds. The van der Waals surface area contributed by atoms with E-state index < -0.39 is 5.63 Å². The van der Waals surface area contributed by atoms with E-state index in [1.54, 1.807) is 36.4 Å². The Bertz CT molecular complexity index is 1350. The van der Waals surface area contributed by atoms with Crippen molar-refractivity contribution in [2.45, 2.75) is 0 Å². The van der Waals surface area contributed by atoms with Crippen LogP contribution < -0.4 is 5.63 Å². The van der Waals surface area contributed by atoms with E-state index in [4.69, 9.17) is 8.83 Å². The summed E-state index contributed by atoms with van der Waals surface area (Å²) in [5, 5.41) is 15.7. The molecule has 1 N–H and O–H groups in total. The molecule has 0 unspecified atom stereocenters. The highest BCUT2D eigenvalue weighted by Gasteiger charge is 2.17. The van der Waals surface area contributed by atoms with Crippen LogP contribution in [0.4, 0.5) is 4.39 Å². The minimum absolute atomic E-state index is 0.0486. The normalized spacial score (nSPS) is 11.2. The fraction of sp³-hybridized carbons (Fsp3) is 0. The van der Waals surface area contributed by atoms with Crippen molar-refractivity contribution in [2.24, 2.45) is 0 Å². The zero-order valence-corrected chi connectivity index (χ0v) is 14.2. The van der Waals surface area contributed by atoms with E-state index in [1.165, 1.54) is 12.1 Å². The van der Waals surface area contributed by atoms with Gasteiger partial charge in [0.1, 0.15) is 22.7 Å². The Kier molecular flexibility index (Phi) is 3.61. The number of nitrogens with zero attached hydrogens (tertiary/aromatic N) is 3. The zero-order valence-electron chi connectivity index (χ0n) is 14.2. The van der Waals surface area contributed by atoms with Crippen molar-refractivity contribution in [2.75, 3.05) is 0 Å². The van der Waals surface area contributed by atoms with Gasteiger partial charge in [-0.2, -0.15) is 5.10 Å². The first-order valence-electron chi connectivity index (χ1n) is 8.36. The van der Waals surface area contributed by atoms with Crippen LogP contribution in [0.2, 0.25) is 0 Å². The average molecular weight is 374 g/mol. The first kappa shape index (κ1) is 16.1. The van der Waals surface area contributed by atoms with Gasteiger partial charge in [0.05, 0.1) is 5.69 Å². The zero-order chi connectivity index (χ0) is 19.1. The molecule has 136 valence electrons. The number of H-pyrrole nitrogens is 1. The van der Waals surface area contributed by atoms with Gasteiger partial charge in [0.15, 0.2) is 0 Å². The lowest BCUT2D eigenvalue weighted by molar-refractivity contribution is 0.546. The monoisotopic (exact) mass is 374 g/mol. The molecular weight excluding hydrogens is 363 g/mol. The lowest BCUT2D eigenvalue weighted by atomic mass is 10.1. The number of hydrogen-bond donors (Lipinski definition) is 1. The summed E-state index contributed by atoms with van der Waals surface area (Å²) in [4.78, 5) is 12.3. The van der Waals surface area contributed by atoms with Gasteiger partial charge in [-0.25, -0.2) is 9.18 Å². The van der Waals surface area contributed by atoms with Crippen molar-refractivity contribution < 1.29 is 13.2 Å². The van der Waals surface area contributed by atoms with Gasteiger partial charge in [-0.3, -0.25) is 5.10 Å². The number of para-hydroxylation sites is 1. The van der Waals surface area contributed by atoms with E-state index in [9.17, 15) is 9.18 Å². The molecule has 0 radical (unpaired) electrons. The van der Waals surface area contributed by atoms with Crippen LogP contribution in [0.1, 0.15) is 0 Å². The third-order valence-electron chi connectivity index (χ3n) is 4.25. The number of aromatic amines is 1. The first-order chi connectivity index (χ1) is 13.7. The molecule has 0 aliphatic heterocycles. The van der Waals surface area contributed by atoms with Crippen molar-refractivity contribution in [3.8, 4) is 34.3 Å². The molecule has 5 aromatic rings. The van der Waals surface area contributed by atoms with Gasteiger partial charge in [-0.05, 0) is 42.5 Å². The summed E-state index contributed by atoms with van der Waals surface area (Å²) in [6.45, 7) is 0. The van der Waals surface area contributed by atoms with Crippen LogP contribution in [0.15, 0.2) is 74.3 Å². The van der Waals surface area contributed by atoms with Crippen LogP contribution in [-0.2, 0) is 0 Å². The van der Waals surface area contributed by atoms with Crippen LogP contribution in [0.5, 0.6) is 0 Å². The fourth-order valence-corrected chi connectivity index (χ4v) is 2.85. The minimum Gasteiger partial charge on any atom is -0.422 e. The molecule has 5 rings (SSSR count). The largest absolute Gasteiger partial charge is 0.422 e. The number of hydrogen-bond acceptors (Lipinski definition) is 6. The molecule has 0 spiro atoms. The Morgan fingerprint density at radius 1 is 0.893 bits per heavy atom. The number of halogens is 1. The molecule has 28 heavy (non-hydrogen) atoms. The summed E-state index contributed by atoms with van der Waals surface area (Å²) >= 11 is 0. The second-order valence-electron chi connectivity index (χ2n) is 6.07. The standard InChI is InChI=1S/C20H11FN4O3/c21-13-7-5-11(6-8-13)15-10-16(23-22-15)19-25-24-18(28-19)14-9-12-3-1-2-4-17(12)27-20(14)26/h1-10H,(H,22,23). The van der Waals surface area contributed by atoms with Gasteiger partial charge < -0.3 is 8.83 Å². The second kappa shape index (κ2) is 6.27. The van der Waals surface area contributed by atoms with Crippen molar-refractivity contribution in [1.82, 2.24) is 20.4 Å². The number of rotatable bonds is 3. The molecule has 0 fully saturated rings. The van der Waals surface area contributed by atoms with Gasteiger partial charge in [-0.1, -0.05) is 18.2 Å². The lowest BCUT2D eigenvalue weighted by Crippen LogP contribution is -2.02. The lowest BCUT2D eigenvalue weighted by Gasteiger charge is -1.97. The predicted octanol–water partition coefficient (Wildman–Crippen LogP) is 4.04. The molecule has 3 aromatic heterocycles. The third-order valence-corrected chi connectivity index (χ3v) is 4.25. The average Bonchev–Trinajstić information content (AvgIpc) is 3.38. The van der Waals surface area contributed by atoms with Crippen LogP contribution in [0, 0.1) is 5.82 Å². The van der Waals surface area contributed by atoms with Crippen LogP contribution in [0.3, 0.4) is 0 Å². The highest BCUT2D eigenvalue weighted by molar-refractivity contribution is 5.80. The SMILES string of the molecule is O=c1oc2ccccc2cc1-c1nnc(-c2cc(-c3ccc(F)cc3)n[nH]2)o1. The molecule has 2 aromatic carbocycles. The highest BCUT2D eigenvalue weighted by Crippen LogP contribution is 2.26. The van der Waals surface area contributed by atoms with E-state index in [0.29, 0.717) is 17.0 Å². The summed E-state index contributed by atoms with van der Waals surface area (Å²) in [5.41, 5.74) is 1.90. The van der Waals surface area contributed by atoms with Gasteiger partial charge in [-0.15, -0.1) is 10.2 Å². The van der Waals surface area contributed by atoms with Crippen molar-refractivity contribution >= 4 is 11.0 Å². The quantitative estimate of drug-likeness (QED) is 0.479. The van der Waals surface area contributed by atoms with Gasteiger partial charge in [0.2, 0.25) is 0 Å². The first-order valence-corrected chi connectivity index (χ1v) is 8.36. The fourth-order valence-electron chi connectivity index (χ4n) is 2.85. The van der Waals surface area contributed by atoms with Gasteiger partial charge in [0, 0.05) is 10.9 Å². The summed E-state index contributed by atoms with van der Waals surface area (Å²) < 4.78 is 24.0. The maximum Gasteiger partial charge on any atom is 0.349 e. The molecule has 0 aliphatic carbocycles. The Morgan fingerprint density at radius 3 is 2.54 bits per heavy atom. The molecule has 0 aliphatic rings. The molecule has 8 heteroatoms. The van der Waals surface area contributed by atoms with Crippen LogP contribution in [0.25, 0.3) is 45.3 Å². The van der Waals surface area contributed by atoms with Crippen molar-refractivity contribution in [3.05, 3.63) is 76.9 Å². The maximum atomic E-state index is 13.1. The Labute approximate surface area is 156 Å². The maximum absolute atomic E-state index is 13.1. The predicted molar refractivity (Wildman–Crippen MR) is 98.8 cm³/mol. The van der Waals surface area contributed by atoms with Crippen molar-refractivity contribution in [3.63, 3.8) is 0 Å². The number of nitrogens with one attached hydrogen (secondary N) is 1. The Hall–Kier alpha value is -4.07. The molecule has 0 saturated heterocycles. The number of fused-ring (bicyclic) bond motifs is 1. The summed E-state index contributed by atoms with van der Waals surface area (Å²) in [7, 11) is 0. The number of benzene rings is 2. The molecular formula is C20H11FN4O3. The third kappa shape index (κ3) is 2.77. The van der Waals surface area contributed by atoms with E-state index >= 15 is 0 Å². The van der Waals surface area contributed by atoms with E-state index in [0.717, 1.165) is 10.9 Å². The smallest absolute Gasteiger partial charge is 0.349 e. The molecule has 0 atom stereocenters. The van der Waals surface area contributed by atoms with E-state index in [-0.39, 0.29) is 23.2 Å². The molecule has 7 nitrogen and oxygen atoms in total. The number of aromatic nitrogens is 4. The van der Waals surface area contributed by atoms with Crippen molar-refractivity contribution in [1.29, 1.82) is 0 Å². The minimum atomic E-state index is -0.564. The summed E-state index contributed by atoms with van der Waals surface area (Å²) in [5.74, 6) is -0.105. The van der Waals surface area contributed by atoms with Gasteiger partial charge >= 0.3 is 5.63 Å². The Balaban J connectivity index is 1.51. The van der Waals surface area contributed by atoms with Gasteiger partial charge in [0.25, 0.3) is 11.8 Å². The topological polar surface area (TPSA) is 97.8 Å².